The maximum Gasteiger partial charge on any atom is 0.226 e. The Morgan fingerprint density at radius 2 is 2.05 bits per heavy atom. The summed E-state index contributed by atoms with van der Waals surface area (Å²) in [6, 6.07) is 5.10. The van der Waals surface area contributed by atoms with E-state index in [0.717, 1.165) is 0 Å². The van der Waals surface area contributed by atoms with E-state index in [9.17, 15) is 4.79 Å². The summed E-state index contributed by atoms with van der Waals surface area (Å²) in [5.41, 5.74) is 6.61. The van der Waals surface area contributed by atoms with Crippen LogP contribution in [0.25, 0.3) is 0 Å². The third kappa shape index (κ3) is 5.61. The molecule has 0 aliphatic carbocycles. The molecule has 0 saturated carbocycles. The molecule has 5 heteroatoms. The fraction of sp³-hybridized carbons (Fsp3) is 0.500. The highest BCUT2D eigenvalue weighted by atomic mass is 16.5. The zero-order chi connectivity index (χ0) is 14.5. The van der Waals surface area contributed by atoms with Crippen LogP contribution in [0.15, 0.2) is 18.2 Å². The first-order chi connectivity index (χ1) is 8.81. The number of nitrogen functional groups attached to an aromatic ring is 1. The van der Waals surface area contributed by atoms with E-state index in [1.807, 2.05) is 20.8 Å². The van der Waals surface area contributed by atoms with Gasteiger partial charge in [-0.3, -0.25) is 4.79 Å². The maximum atomic E-state index is 11.8. The molecule has 19 heavy (non-hydrogen) atoms. The highest BCUT2D eigenvalue weighted by molar-refractivity contribution is 5.92. The monoisotopic (exact) mass is 266 g/mol. The molecule has 0 aromatic heterocycles. The number of nitrogens with one attached hydrogen (secondary N) is 1. The van der Waals surface area contributed by atoms with Gasteiger partial charge in [0, 0.05) is 11.8 Å². The Kier molecular flexibility index (Phi) is 5.18. The van der Waals surface area contributed by atoms with E-state index in [4.69, 9.17) is 15.2 Å². The van der Waals surface area contributed by atoms with Crippen molar-refractivity contribution in [2.75, 3.05) is 24.8 Å². The van der Waals surface area contributed by atoms with Crippen molar-refractivity contribution >= 4 is 17.3 Å². The van der Waals surface area contributed by atoms with Crippen LogP contribution in [0, 0.1) is 0 Å². The number of rotatable bonds is 5. The molecule has 0 fully saturated rings. The van der Waals surface area contributed by atoms with E-state index < -0.39 is 0 Å². The molecule has 1 rings (SSSR count). The third-order valence-electron chi connectivity index (χ3n) is 2.36. The number of ether oxygens (including phenoxy) is 2. The third-order valence-corrected chi connectivity index (χ3v) is 2.36. The minimum atomic E-state index is -0.237. The van der Waals surface area contributed by atoms with Gasteiger partial charge in [-0.05, 0) is 32.9 Å². The molecule has 1 amide bonds. The lowest BCUT2D eigenvalue weighted by Crippen LogP contribution is -2.22. The van der Waals surface area contributed by atoms with Crippen molar-refractivity contribution < 1.29 is 14.3 Å². The fourth-order valence-electron chi connectivity index (χ4n) is 1.47. The molecule has 106 valence electrons. The Bertz CT molecular complexity index is 439. The van der Waals surface area contributed by atoms with Crippen LogP contribution in [-0.2, 0) is 9.53 Å². The molecule has 1 aromatic carbocycles. The van der Waals surface area contributed by atoms with Crippen molar-refractivity contribution in [3.8, 4) is 5.75 Å². The van der Waals surface area contributed by atoms with Crippen molar-refractivity contribution in [1.82, 2.24) is 0 Å². The average molecular weight is 266 g/mol. The highest BCUT2D eigenvalue weighted by Crippen LogP contribution is 2.26. The van der Waals surface area contributed by atoms with Gasteiger partial charge in [0.15, 0.2) is 0 Å². The number of carbonyl (C=O) groups is 1. The van der Waals surface area contributed by atoms with Gasteiger partial charge in [-0.2, -0.15) is 0 Å². The van der Waals surface area contributed by atoms with Crippen molar-refractivity contribution in [1.29, 1.82) is 0 Å². The van der Waals surface area contributed by atoms with Gasteiger partial charge in [0.2, 0.25) is 5.91 Å². The minimum Gasteiger partial charge on any atom is -0.494 e. The number of anilines is 2. The van der Waals surface area contributed by atoms with Crippen LogP contribution in [0.3, 0.4) is 0 Å². The van der Waals surface area contributed by atoms with E-state index in [1.165, 1.54) is 7.11 Å². The Labute approximate surface area is 114 Å². The van der Waals surface area contributed by atoms with Crippen molar-refractivity contribution in [2.45, 2.75) is 32.8 Å². The lowest BCUT2D eigenvalue weighted by atomic mass is 10.2. The van der Waals surface area contributed by atoms with E-state index >= 15 is 0 Å². The molecule has 0 aliphatic rings. The highest BCUT2D eigenvalue weighted by Gasteiger charge is 2.12. The maximum absolute atomic E-state index is 11.8. The van der Waals surface area contributed by atoms with Gasteiger partial charge in [-0.15, -0.1) is 0 Å². The molecule has 0 saturated heterocycles. The standard InChI is InChI=1S/C14H22N2O3/c1-14(2,3)19-8-7-13(17)16-11-6-5-10(15)9-12(11)18-4/h5-6,9H,7-8,15H2,1-4H3,(H,16,17). The molecule has 0 heterocycles. The Hall–Kier alpha value is -1.75. The zero-order valence-corrected chi connectivity index (χ0v) is 11.9. The molecule has 0 bridgehead atoms. The molecule has 0 aliphatic heterocycles. The number of amides is 1. The summed E-state index contributed by atoms with van der Waals surface area (Å²) in [5.74, 6) is 0.428. The molecule has 3 N–H and O–H groups in total. The van der Waals surface area contributed by atoms with Crippen LogP contribution in [0.5, 0.6) is 5.75 Å². The van der Waals surface area contributed by atoms with E-state index in [2.05, 4.69) is 5.32 Å². The van der Waals surface area contributed by atoms with Crippen LogP contribution >= 0.6 is 0 Å². The molecular formula is C14H22N2O3. The lowest BCUT2D eigenvalue weighted by molar-refractivity contribution is -0.118. The Morgan fingerprint density at radius 3 is 2.63 bits per heavy atom. The first-order valence-corrected chi connectivity index (χ1v) is 6.19. The van der Waals surface area contributed by atoms with Gasteiger partial charge in [-0.1, -0.05) is 0 Å². The molecule has 1 aromatic rings. The number of benzene rings is 1. The minimum absolute atomic E-state index is 0.118. The average Bonchev–Trinajstić information content (AvgIpc) is 2.29. The van der Waals surface area contributed by atoms with Crippen LogP contribution in [-0.4, -0.2) is 25.2 Å². The smallest absolute Gasteiger partial charge is 0.226 e. The molecule has 0 radical (unpaired) electrons. The SMILES string of the molecule is COc1cc(N)ccc1NC(=O)CCOC(C)(C)C. The number of hydrogen-bond acceptors (Lipinski definition) is 4. The largest absolute Gasteiger partial charge is 0.494 e. The first kappa shape index (κ1) is 15.3. The van der Waals surface area contributed by atoms with Gasteiger partial charge in [0.1, 0.15) is 5.75 Å². The van der Waals surface area contributed by atoms with E-state index in [1.54, 1.807) is 18.2 Å². The van der Waals surface area contributed by atoms with Crippen LogP contribution < -0.4 is 15.8 Å². The van der Waals surface area contributed by atoms with Gasteiger partial charge in [0.25, 0.3) is 0 Å². The Balaban J connectivity index is 2.53. The van der Waals surface area contributed by atoms with E-state index in [0.29, 0.717) is 30.2 Å². The second kappa shape index (κ2) is 6.43. The van der Waals surface area contributed by atoms with Crippen LogP contribution in [0.4, 0.5) is 11.4 Å². The predicted octanol–water partition coefficient (Wildman–Crippen LogP) is 2.42. The summed E-state index contributed by atoms with van der Waals surface area (Å²) in [5, 5.41) is 2.78. The van der Waals surface area contributed by atoms with Gasteiger partial charge in [0.05, 0.1) is 31.4 Å². The van der Waals surface area contributed by atoms with Crippen molar-refractivity contribution in [3.63, 3.8) is 0 Å². The van der Waals surface area contributed by atoms with E-state index in [-0.39, 0.29) is 11.5 Å². The normalized spacial score (nSPS) is 11.2. The second-order valence-corrected chi connectivity index (χ2v) is 5.22. The second-order valence-electron chi connectivity index (χ2n) is 5.22. The van der Waals surface area contributed by atoms with Gasteiger partial charge >= 0.3 is 0 Å². The summed E-state index contributed by atoms with van der Waals surface area (Å²) in [4.78, 5) is 11.8. The summed E-state index contributed by atoms with van der Waals surface area (Å²) in [6.45, 7) is 6.24. The fourth-order valence-corrected chi connectivity index (χ4v) is 1.47. The van der Waals surface area contributed by atoms with Crippen LogP contribution in [0.1, 0.15) is 27.2 Å². The number of nitrogens with two attached hydrogens (primary N) is 1. The topological polar surface area (TPSA) is 73.6 Å². The molecule has 0 atom stereocenters. The summed E-state index contributed by atoms with van der Waals surface area (Å²) in [7, 11) is 1.53. The number of hydrogen-bond donors (Lipinski definition) is 2. The quantitative estimate of drug-likeness (QED) is 0.803. The number of carbonyl (C=O) groups excluding carboxylic acids is 1. The number of methoxy groups -OCH3 is 1. The Morgan fingerprint density at radius 1 is 1.37 bits per heavy atom. The zero-order valence-electron chi connectivity index (χ0n) is 11.9. The van der Waals surface area contributed by atoms with Gasteiger partial charge < -0.3 is 20.5 Å². The molecule has 5 nitrogen and oxygen atoms in total. The predicted molar refractivity (Wildman–Crippen MR) is 76.4 cm³/mol. The summed E-state index contributed by atoms with van der Waals surface area (Å²) >= 11 is 0. The van der Waals surface area contributed by atoms with Gasteiger partial charge in [-0.25, -0.2) is 0 Å². The first-order valence-electron chi connectivity index (χ1n) is 6.19. The van der Waals surface area contributed by atoms with Crippen molar-refractivity contribution in [2.24, 2.45) is 0 Å². The lowest BCUT2D eigenvalue weighted by Gasteiger charge is -2.19. The molecule has 0 unspecified atom stereocenters. The van der Waals surface area contributed by atoms with Crippen LogP contribution in [0.2, 0.25) is 0 Å². The summed E-state index contributed by atoms with van der Waals surface area (Å²) in [6.07, 6.45) is 0.296. The molecule has 0 spiro atoms. The summed E-state index contributed by atoms with van der Waals surface area (Å²) < 4.78 is 10.7. The molecular weight excluding hydrogens is 244 g/mol. The van der Waals surface area contributed by atoms with Crippen molar-refractivity contribution in [3.05, 3.63) is 18.2 Å².